The largest absolute Gasteiger partial charge is 0.367 e. The van der Waals surface area contributed by atoms with Gasteiger partial charge in [0.1, 0.15) is 0 Å². The van der Waals surface area contributed by atoms with Crippen molar-refractivity contribution in [2.24, 2.45) is 13.0 Å². The lowest BCUT2D eigenvalue weighted by Crippen LogP contribution is -2.49. The molecule has 3 fully saturated rings. The third kappa shape index (κ3) is 4.72. The number of carbonyl (C=O) groups excluding carboxylic acids is 2. The third-order valence-electron chi connectivity index (χ3n) is 8.44. The van der Waals surface area contributed by atoms with E-state index in [2.05, 4.69) is 40.2 Å². The van der Waals surface area contributed by atoms with Crippen molar-refractivity contribution in [1.82, 2.24) is 20.0 Å². The lowest BCUT2D eigenvalue weighted by Gasteiger charge is -2.39. The molecule has 1 aliphatic carbocycles. The van der Waals surface area contributed by atoms with Gasteiger partial charge in [-0.1, -0.05) is 44.2 Å². The van der Waals surface area contributed by atoms with Gasteiger partial charge in [-0.25, -0.2) is 0 Å². The summed E-state index contributed by atoms with van der Waals surface area (Å²) < 4.78 is 1.92. The maximum Gasteiger partial charge on any atom is 0.235 e. The minimum atomic E-state index is -0.362. The molecule has 1 unspecified atom stereocenters. The molecule has 2 amide bonds. The topological polar surface area (TPSA) is 70.5 Å². The quantitative estimate of drug-likeness (QED) is 0.654. The van der Waals surface area contributed by atoms with Gasteiger partial charge in [-0.05, 0) is 38.2 Å². The fourth-order valence-electron chi connectivity index (χ4n) is 6.35. The summed E-state index contributed by atoms with van der Waals surface area (Å²) in [6.45, 7) is 6.59. The number of amides is 2. The summed E-state index contributed by atoms with van der Waals surface area (Å²) in [7, 11) is 1.96. The molecule has 34 heavy (non-hydrogen) atoms. The normalized spacial score (nSPS) is 23.9. The Bertz CT molecular complexity index is 1030. The Kier molecular flexibility index (Phi) is 6.91. The molecule has 2 atom stereocenters. The molecule has 5 rings (SSSR count). The van der Waals surface area contributed by atoms with Crippen LogP contribution in [0.25, 0.3) is 10.9 Å². The Labute approximate surface area is 202 Å². The van der Waals surface area contributed by atoms with Crippen molar-refractivity contribution in [3.05, 3.63) is 23.9 Å². The van der Waals surface area contributed by atoms with Crippen LogP contribution >= 0.6 is 0 Å². The molecule has 1 aromatic heterocycles. The highest BCUT2D eigenvalue weighted by Gasteiger charge is 2.32. The number of hydrogen-bond acceptors (Lipinski definition) is 5. The Morgan fingerprint density at radius 2 is 1.82 bits per heavy atom. The summed E-state index contributed by atoms with van der Waals surface area (Å²) in [6.07, 6.45) is 10.8. The van der Waals surface area contributed by atoms with E-state index in [0.717, 1.165) is 48.7 Å². The first-order valence-electron chi connectivity index (χ1n) is 13.3. The summed E-state index contributed by atoms with van der Waals surface area (Å²) in [5.41, 5.74) is 3.07. The zero-order valence-electron chi connectivity index (χ0n) is 20.8. The smallest absolute Gasteiger partial charge is 0.235 e. The number of hydrogen-bond donors (Lipinski definition) is 1. The van der Waals surface area contributed by atoms with Crippen LogP contribution in [-0.4, -0.2) is 58.7 Å². The number of aromatic nitrogens is 2. The second kappa shape index (κ2) is 10.1. The number of benzene rings is 1. The fourth-order valence-corrected chi connectivity index (χ4v) is 6.35. The van der Waals surface area contributed by atoms with Crippen molar-refractivity contribution in [1.29, 1.82) is 0 Å². The summed E-state index contributed by atoms with van der Waals surface area (Å²) in [5, 5.41) is 8.27. The maximum absolute atomic E-state index is 12.5. The predicted octanol–water partition coefficient (Wildman–Crippen LogP) is 3.96. The van der Waals surface area contributed by atoms with E-state index in [1.54, 1.807) is 0 Å². The Balaban J connectivity index is 1.26. The van der Waals surface area contributed by atoms with Crippen LogP contribution in [0.4, 0.5) is 5.69 Å². The molecule has 2 saturated heterocycles. The number of nitrogens with one attached hydrogen (secondary N) is 1. The van der Waals surface area contributed by atoms with E-state index in [0.29, 0.717) is 18.9 Å². The fraction of sp³-hybridized carbons (Fsp3) is 0.667. The van der Waals surface area contributed by atoms with Crippen LogP contribution in [-0.2, 0) is 16.6 Å². The van der Waals surface area contributed by atoms with Gasteiger partial charge in [-0.2, -0.15) is 5.10 Å². The first-order valence-corrected chi connectivity index (χ1v) is 13.3. The lowest BCUT2D eigenvalue weighted by atomic mass is 9.85. The van der Waals surface area contributed by atoms with Crippen LogP contribution in [0.3, 0.4) is 0 Å². The Morgan fingerprint density at radius 3 is 2.56 bits per heavy atom. The third-order valence-corrected chi connectivity index (χ3v) is 8.44. The number of nitrogens with zero attached hydrogens (tertiary/aromatic N) is 4. The zero-order valence-corrected chi connectivity index (χ0v) is 20.8. The van der Waals surface area contributed by atoms with E-state index in [1.807, 2.05) is 11.7 Å². The number of imide groups is 1. The Morgan fingerprint density at radius 1 is 1.06 bits per heavy atom. The van der Waals surface area contributed by atoms with E-state index >= 15 is 0 Å². The van der Waals surface area contributed by atoms with Crippen molar-refractivity contribution in [2.75, 3.05) is 31.1 Å². The van der Waals surface area contributed by atoms with Crippen molar-refractivity contribution >= 4 is 28.4 Å². The number of para-hydroxylation sites is 1. The second-order valence-corrected chi connectivity index (χ2v) is 10.6. The molecular weight excluding hydrogens is 426 g/mol. The van der Waals surface area contributed by atoms with Gasteiger partial charge in [-0.3, -0.25) is 24.5 Å². The van der Waals surface area contributed by atoms with Crippen molar-refractivity contribution < 1.29 is 9.59 Å². The van der Waals surface area contributed by atoms with Crippen LogP contribution in [0.2, 0.25) is 0 Å². The average molecular weight is 466 g/mol. The van der Waals surface area contributed by atoms with Gasteiger partial charge in [0.2, 0.25) is 11.8 Å². The highest BCUT2D eigenvalue weighted by molar-refractivity contribution is 6.03. The molecule has 2 aliphatic heterocycles. The molecule has 3 aliphatic rings. The van der Waals surface area contributed by atoms with Gasteiger partial charge < -0.3 is 4.90 Å². The molecule has 1 saturated carbocycles. The molecular formula is C27H39N5O2. The molecule has 0 radical (unpaired) electrons. The molecule has 184 valence electrons. The molecule has 0 spiro atoms. The molecule has 7 nitrogen and oxygen atoms in total. The molecule has 2 aromatic rings. The summed E-state index contributed by atoms with van der Waals surface area (Å²) in [5.74, 6) is 0.183. The number of piperazine rings is 1. The van der Waals surface area contributed by atoms with E-state index in [1.165, 1.54) is 50.6 Å². The van der Waals surface area contributed by atoms with Crippen molar-refractivity contribution in [3.63, 3.8) is 0 Å². The van der Waals surface area contributed by atoms with Crippen molar-refractivity contribution in [3.8, 4) is 0 Å². The number of carbonyl (C=O) groups is 2. The van der Waals surface area contributed by atoms with Crippen LogP contribution in [0, 0.1) is 5.92 Å². The highest BCUT2D eigenvalue weighted by Crippen LogP contribution is 2.35. The summed E-state index contributed by atoms with van der Waals surface area (Å²) >= 11 is 0. The van der Waals surface area contributed by atoms with E-state index in [9.17, 15) is 9.59 Å². The first kappa shape index (κ1) is 23.3. The van der Waals surface area contributed by atoms with E-state index < -0.39 is 0 Å². The van der Waals surface area contributed by atoms with Gasteiger partial charge in [0.05, 0.1) is 22.8 Å². The minimum Gasteiger partial charge on any atom is -0.367 e. The van der Waals surface area contributed by atoms with Gasteiger partial charge in [0, 0.05) is 51.1 Å². The van der Waals surface area contributed by atoms with Gasteiger partial charge in [0.15, 0.2) is 0 Å². The maximum atomic E-state index is 12.5. The molecule has 1 aromatic carbocycles. The van der Waals surface area contributed by atoms with Gasteiger partial charge in [0.25, 0.3) is 0 Å². The summed E-state index contributed by atoms with van der Waals surface area (Å²) in [4.78, 5) is 29.2. The van der Waals surface area contributed by atoms with Crippen LogP contribution in [0.5, 0.6) is 0 Å². The van der Waals surface area contributed by atoms with Gasteiger partial charge >= 0.3 is 0 Å². The monoisotopic (exact) mass is 465 g/mol. The van der Waals surface area contributed by atoms with Crippen LogP contribution in [0.1, 0.15) is 76.3 Å². The van der Waals surface area contributed by atoms with E-state index in [4.69, 9.17) is 5.10 Å². The molecule has 1 N–H and O–H groups in total. The average Bonchev–Trinajstić information content (AvgIpc) is 3.19. The molecule has 3 heterocycles. The first-order chi connectivity index (χ1) is 16.5. The molecule has 7 heteroatoms. The molecule has 0 bridgehead atoms. The number of fused-ring (bicyclic) bond motifs is 1. The predicted molar refractivity (Wildman–Crippen MR) is 135 cm³/mol. The van der Waals surface area contributed by atoms with Crippen LogP contribution < -0.4 is 10.2 Å². The van der Waals surface area contributed by atoms with Gasteiger partial charge in [-0.15, -0.1) is 0 Å². The van der Waals surface area contributed by atoms with Crippen LogP contribution in [0.15, 0.2) is 18.2 Å². The number of piperidine rings is 1. The Hall–Kier alpha value is -2.41. The minimum absolute atomic E-state index is 0.187. The summed E-state index contributed by atoms with van der Waals surface area (Å²) in [6, 6.07) is 6.97. The lowest BCUT2D eigenvalue weighted by molar-refractivity contribution is -0.134. The van der Waals surface area contributed by atoms with E-state index in [-0.39, 0.29) is 17.7 Å². The zero-order chi connectivity index (χ0) is 23.7. The second-order valence-electron chi connectivity index (χ2n) is 10.6. The number of rotatable bonds is 6. The number of aryl methyl sites for hydroxylation is 1. The standard InChI is InChI=1S/C27H39N5O2/c1-19(11-12-20-7-4-3-5-8-20)31-15-17-32(18-16-31)23-10-6-9-21-25(29-30(2)26(21)23)22-13-14-24(33)28-27(22)34/h6,9-10,19-20,22H,3-5,7-8,11-18H2,1-2H3,(H,28,33,34)/t19-,22?/m0/s1. The number of anilines is 1. The SMILES string of the molecule is C[C@@H](CCC1CCCCC1)N1CCN(c2cccc3c(C4CCC(=O)NC4=O)nn(C)c23)CC1. The van der Waals surface area contributed by atoms with Crippen molar-refractivity contribution in [2.45, 2.75) is 76.7 Å². The highest BCUT2D eigenvalue weighted by atomic mass is 16.2.